The van der Waals surface area contributed by atoms with Crippen molar-refractivity contribution in [3.8, 4) is 22.8 Å². The second-order valence-corrected chi connectivity index (χ2v) is 9.45. The van der Waals surface area contributed by atoms with Gasteiger partial charge < -0.3 is 14.4 Å². The maximum atomic E-state index is 13.4. The zero-order valence-corrected chi connectivity index (χ0v) is 20.2. The standard InChI is InChI=1S/C29H25N5O3/c35-29(33-13-11-32(12-14-33)18-20-5-8-26-27(15-20)37-19-36-26)24-17-28-30-10-9-25(34(28)31-24)23-7-6-21-3-1-2-4-22(21)16-23/h1-10,15-17H,11-14,18-19H2. The van der Waals surface area contributed by atoms with E-state index >= 15 is 0 Å². The van der Waals surface area contributed by atoms with Gasteiger partial charge in [0, 0.05) is 50.6 Å². The van der Waals surface area contributed by atoms with E-state index < -0.39 is 0 Å². The van der Waals surface area contributed by atoms with E-state index in [0.717, 1.165) is 47.8 Å². The number of fused-ring (bicyclic) bond motifs is 3. The van der Waals surface area contributed by atoms with Crippen LogP contribution in [0.15, 0.2) is 79.0 Å². The van der Waals surface area contributed by atoms with Crippen molar-refractivity contribution < 1.29 is 14.3 Å². The molecule has 0 radical (unpaired) electrons. The molecule has 0 saturated carbocycles. The van der Waals surface area contributed by atoms with Crippen LogP contribution in [-0.2, 0) is 6.54 Å². The molecule has 4 heterocycles. The Labute approximate surface area is 213 Å². The van der Waals surface area contributed by atoms with Crippen LogP contribution >= 0.6 is 0 Å². The van der Waals surface area contributed by atoms with E-state index in [0.29, 0.717) is 24.4 Å². The summed E-state index contributed by atoms with van der Waals surface area (Å²) in [7, 11) is 0. The number of carbonyl (C=O) groups is 1. The highest BCUT2D eigenvalue weighted by molar-refractivity contribution is 5.94. The third kappa shape index (κ3) is 4.05. The summed E-state index contributed by atoms with van der Waals surface area (Å²) in [6.45, 7) is 4.00. The summed E-state index contributed by atoms with van der Waals surface area (Å²) in [4.78, 5) is 22.1. The molecule has 2 aliphatic heterocycles. The van der Waals surface area contributed by atoms with Gasteiger partial charge in [-0.2, -0.15) is 5.10 Å². The van der Waals surface area contributed by atoms with E-state index in [1.54, 1.807) is 16.8 Å². The van der Waals surface area contributed by atoms with Gasteiger partial charge in [0.05, 0.1) is 5.69 Å². The molecule has 37 heavy (non-hydrogen) atoms. The van der Waals surface area contributed by atoms with Crippen LogP contribution in [-0.4, -0.2) is 63.3 Å². The molecule has 2 aliphatic rings. The minimum absolute atomic E-state index is 0.0577. The lowest BCUT2D eigenvalue weighted by molar-refractivity contribution is 0.0622. The van der Waals surface area contributed by atoms with Crippen LogP contribution in [0.25, 0.3) is 27.7 Å². The molecule has 1 fully saturated rings. The Morgan fingerprint density at radius 3 is 2.57 bits per heavy atom. The molecule has 184 valence electrons. The number of nitrogens with zero attached hydrogens (tertiary/aromatic N) is 5. The number of hydrogen-bond donors (Lipinski definition) is 0. The largest absolute Gasteiger partial charge is 0.454 e. The van der Waals surface area contributed by atoms with Gasteiger partial charge in [-0.05, 0) is 40.6 Å². The lowest BCUT2D eigenvalue weighted by Crippen LogP contribution is -2.48. The first-order valence-corrected chi connectivity index (χ1v) is 12.5. The van der Waals surface area contributed by atoms with Crippen LogP contribution in [0, 0.1) is 0 Å². The summed E-state index contributed by atoms with van der Waals surface area (Å²) in [6.07, 6.45) is 1.77. The molecular formula is C29H25N5O3. The number of piperazine rings is 1. The predicted octanol–water partition coefficient (Wildman–Crippen LogP) is 4.24. The predicted molar refractivity (Wildman–Crippen MR) is 140 cm³/mol. The Morgan fingerprint density at radius 1 is 0.838 bits per heavy atom. The van der Waals surface area contributed by atoms with Gasteiger partial charge in [-0.25, -0.2) is 9.50 Å². The summed E-state index contributed by atoms with van der Waals surface area (Å²) in [5.74, 6) is 1.54. The van der Waals surface area contributed by atoms with Gasteiger partial charge in [-0.3, -0.25) is 9.69 Å². The van der Waals surface area contributed by atoms with E-state index in [9.17, 15) is 4.79 Å². The first-order valence-electron chi connectivity index (χ1n) is 12.5. The highest BCUT2D eigenvalue weighted by Gasteiger charge is 2.25. The molecule has 8 nitrogen and oxygen atoms in total. The topological polar surface area (TPSA) is 72.2 Å². The van der Waals surface area contributed by atoms with Gasteiger partial charge in [0.1, 0.15) is 0 Å². The summed E-state index contributed by atoms with van der Waals surface area (Å²) < 4.78 is 12.7. The van der Waals surface area contributed by atoms with Crippen LogP contribution in [0.3, 0.4) is 0 Å². The smallest absolute Gasteiger partial charge is 0.274 e. The van der Waals surface area contributed by atoms with Crippen LogP contribution in [0.5, 0.6) is 11.5 Å². The van der Waals surface area contributed by atoms with Crippen molar-refractivity contribution in [2.45, 2.75) is 6.54 Å². The molecule has 2 aromatic heterocycles. The second-order valence-electron chi connectivity index (χ2n) is 9.45. The fraction of sp³-hybridized carbons (Fsp3) is 0.207. The molecule has 1 amide bonds. The molecule has 0 N–H and O–H groups in total. The molecule has 0 bridgehead atoms. The van der Waals surface area contributed by atoms with Crippen molar-refractivity contribution in [1.29, 1.82) is 0 Å². The number of ether oxygens (including phenoxy) is 2. The number of benzene rings is 3. The minimum Gasteiger partial charge on any atom is -0.454 e. The molecule has 0 atom stereocenters. The number of aromatic nitrogens is 3. The molecule has 0 unspecified atom stereocenters. The Hall–Kier alpha value is -4.43. The van der Waals surface area contributed by atoms with Crippen molar-refractivity contribution >= 4 is 22.3 Å². The first-order chi connectivity index (χ1) is 18.2. The molecule has 8 heteroatoms. The highest BCUT2D eigenvalue weighted by Crippen LogP contribution is 2.33. The van der Waals surface area contributed by atoms with Gasteiger partial charge in [-0.1, -0.05) is 42.5 Å². The lowest BCUT2D eigenvalue weighted by Gasteiger charge is -2.34. The van der Waals surface area contributed by atoms with Crippen LogP contribution < -0.4 is 9.47 Å². The monoisotopic (exact) mass is 491 g/mol. The third-order valence-corrected chi connectivity index (χ3v) is 7.12. The van der Waals surface area contributed by atoms with Crippen LogP contribution in [0.4, 0.5) is 0 Å². The quantitative estimate of drug-likeness (QED) is 0.375. The normalized spacial score (nSPS) is 15.5. The second kappa shape index (κ2) is 8.90. The molecule has 5 aromatic rings. The van der Waals surface area contributed by atoms with Crippen molar-refractivity contribution in [1.82, 2.24) is 24.4 Å². The maximum absolute atomic E-state index is 13.4. The van der Waals surface area contributed by atoms with Gasteiger partial charge >= 0.3 is 0 Å². The molecule has 0 aliphatic carbocycles. The average Bonchev–Trinajstić information content (AvgIpc) is 3.60. The molecule has 0 spiro atoms. The van der Waals surface area contributed by atoms with E-state index in [1.807, 2.05) is 35.2 Å². The maximum Gasteiger partial charge on any atom is 0.274 e. The molecular weight excluding hydrogens is 466 g/mol. The lowest BCUT2D eigenvalue weighted by atomic mass is 10.1. The van der Waals surface area contributed by atoms with Gasteiger partial charge in [0.25, 0.3) is 5.91 Å². The first kappa shape index (κ1) is 21.8. The average molecular weight is 492 g/mol. The fourth-order valence-electron chi connectivity index (χ4n) is 5.14. The number of carbonyl (C=O) groups excluding carboxylic acids is 1. The fourth-order valence-corrected chi connectivity index (χ4v) is 5.14. The van der Waals surface area contributed by atoms with Gasteiger partial charge in [0.15, 0.2) is 22.8 Å². The van der Waals surface area contributed by atoms with E-state index in [-0.39, 0.29) is 12.7 Å². The van der Waals surface area contributed by atoms with Crippen molar-refractivity contribution in [2.75, 3.05) is 33.0 Å². The van der Waals surface area contributed by atoms with E-state index in [4.69, 9.17) is 9.47 Å². The van der Waals surface area contributed by atoms with Crippen molar-refractivity contribution in [2.24, 2.45) is 0 Å². The van der Waals surface area contributed by atoms with Crippen LogP contribution in [0.1, 0.15) is 16.1 Å². The van der Waals surface area contributed by atoms with Crippen molar-refractivity contribution in [3.63, 3.8) is 0 Å². The summed E-state index contributed by atoms with van der Waals surface area (Å²) in [5, 5.41) is 7.03. The Morgan fingerprint density at radius 2 is 1.68 bits per heavy atom. The van der Waals surface area contributed by atoms with Crippen LogP contribution in [0.2, 0.25) is 0 Å². The summed E-state index contributed by atoms with van der Waals surface area (Å²) >= 11 is 0. The van der Waals surface area contributed by atoms with Crippen molar-refractivity contribution in [3.05, 3.63) is 90.3 Å². The van der Waals surface area contributed by atoms with Gasteiger partial charge in [-0.15, -0.1) is 0 Å². The SMILES string of the molecule is O=C(c1cc2nccc(-c3ccc4ccccc4c3)n2n1)N1CCN(Cc2ccc3c(c2)OCO3)CC1. The van der Waals surface area contributed by atoms with Gasteiger partial charge in [0.2, 0.25) is 6.79 Å². The number of rotatable bonds is 4. The molecule has 7 rings (SSSR count). The van der Waals surface area contributed by atoms with E-state index in [2.05, 4.69) is 51.4 Å². The zero-order valence-electron chi connectivity index (χ0n) is 20.2. The number of hydrogen-bond acceptors (Lipinski definition) is 6. The Balaban J connectivity index is 1.07. The third-order valence-electron chi connectivity index (χ3n) is 7.12. The number of amides is 1. The van der Waals surface area contributed by atoms with E-state index in [1.165, 1.54) is 10.9 Å². The Bertz CT molecular complexity index is 1640. The molecule has 1 saturated heterocycles. The Kier molecular flexibility index (Phi) is 5.25. The summed E-state index contributed by atoms with van der Waals surface area (Å²) in [5.41, 5.74) is 4.20. The summed E-state index contributed by atoms with van der Waals surface area (Å²) in [6, 6.07) is 24.4. The minimum atomic E-state index is -0.0577. The highest BCUT2D eigenvalue weighted by atomic mass is 16.7. The zero-order chi connectivity index (χ0) is 24.8. The molecule has 3 aromatic carbocycles.